The Kier molecular flexibility index (Phi) is 8.88. The van der Waals surface area contributed by atoms with Crippen molar-refractivity contribution in [2.24, 2.45) is 5.10 Å². The number of hydrogen-bond acceptors (Lipinski definition) is 6. The number of unbranched alkanes of at least 4 members (excludes halogenated alkanes) is 2. The van der Waals surface area contributed by atoms with Gasteiger partial charge in [-0.3, -0.25) is 14.8 Å². The molecule has 7 nitrogen and oxygen atoms in total. The summed E-state index contributed by atoms with van der Waals surface area (Å²) in [5.74, 6) is -0.623. The largest absolute Gasteiger partial charge is 0.289 e. The molecule has 0 spiro atoms. The molecule has 0 aliphatic heterocycles. The molecular formula is C16H24N4O3S. The summed E-state index contributed by atoms with van der Waals surface area (Å²) in [6, 6.07) is 5.96. The molecule has 1 aromatic carbocycles. The fourth-order valence-electron chi connectivity index (χ4n) is 1.96. The molecular weight excluding hydrogens is 328 g/mol. The molecule has 2 amide bonds. The SMILES string of the molecule is Cc1ccc(/C=N/NN(S)C(=O)CCCCCC(=O)NO)cc1C. The summed E-state index contributed by atoms with van der Waals surface area (Å²) in [4.78, 5) is 22.6. The van der Waals surface area contributed by atoms with Gasteiger partial charge in [-0.25, -0.2) is 11.0 Å². The van der Waals surface area contributed by atoms with Gasteiger partial charge in [0.25, 0.3) is 5.91 Å². The Labute approximate surface area is 147 Å². The molecule has 0 saturated carbocycles. The van der Waals surface area contributed by atoms with E-state index in [0.29, 0.717) is 25.7 Å². The monoisotopic (exact) mass is 352 g/mol. The number of rotatable bonds is 9. The predicted octanol–water partition coefficient (Wildman–Crippen LogP) is 2.27. The summed E-state index contributed by atoms with van der Waals surface area (Å²) in [5, 5.41) is 12.3. The number of amides is 2. The highest BCUT2D eigenvalue weighted by atomic mass is 32.1. The molecule has 0 atom stereocenters. The number of hydrogen-bond donors (Lipinski definition) is 4. The van der Waals surface area contributed by atoms with E-state index < -0.39 is 5.91 Å². The van der Waals surface area contributed by atoms with Gasteiger partial charge in [0, 0.05) is 12.8 Å². The van der Waals surface area contributed by atoms with E-state index in [1.54, 1.807) is 11.7 Å². The van der Waals surface area contributed by atoms with E-state index in [9.17, 15) is 9.59 Å². The zero-order valence-corrected chi connectivity index (χ0v) is 14.8. The lowest BCUT2D eigenvalue weighted by Gasteiger charge is -2.13. The molecule has 0 heterocycles. The first-order valence-corrected chi connectivity index (χ1v) is 8.14. The van der Waals surface area contributed by atoms with Gasteiger partial charge in [-0.15, -0.1) is 0 Å². The number of nitrogens with one attached hydrogen (secondary N) is 2. The molecule has 8 heteroatoms. The average molecular weight is 352 g/mol. The number of nitrogens with zero attached hydrogens (tertiary/aromatic N) is 2. The summed E-state index contributed by atoms with van der Waals surface area (Å²) >= 11 is 4.04. The zero-order chi connectivity index (χ0) is 17.9. The van der Waals surface area contributed by atoms with E-state index in [1.165, 1.54) is 11.1 Å². The van der Waals surface area contributed by atoms with Gasteiger partial charge in [0.2, 0.25) is 5.91 Å². The van der Waals surface area contributed by atoms with E-state index in [-0.39, 0.29) is 12.3 Å². The third-order valence-electron chi connectivity index (χ3n) is 3.55. The topological polar surface area (TPSA) is 94.0 Å². The van der Waals surface area contributed by atoms with Crippen molar-refractivity contribution in [3.63, 3.8) is 0 Å². The molecule has 0 bridgehead atoms. The Morgan fingerprint density at radius 2 is 1.92 bits per heavy atom. The fraction of sp³-hybridized carbons (Fsp3) is 0.438. The molecule has 0 saturated heterocycles. The van der Waals surface area contributed by atoms with Gasteiger partial charge < -0.3 is 0 Å². The second-order valence-corrected chi connectivity index (χ2v) is 5.90. The van der Waals surface area contributed by atoms with E-state index in [2.05, 4.69) is 23.5 Å². The van der Waals surface area contributed by atoms with Crippen molar-refractivity contribution in [3.8, 4) is 0 Å². The third kappa shape index (κ3) is 7.47. The number of hydrazone groups is 1. The minimum Gasteiger partial charge on any atom is -0.289 e. The molecule has 0 aromatic heterocycles. The minimum atomic E-state index is -0.417. The van der Waals surface area contributed by atoms with Crippen LogP contribution < -0.4 is 11.0 Å². The number of carbonyl (C=O) groups excluding carboxylic acids is 2. The number of aryl methyl sites for hydroxylation is 2. The van der Waals surface area contributed by atoms with Crippen LogP contribution in [0.25, 0.3) is 0 Å². The van der Waals surface area contributed by atoms with Crippen molar-refractivity contribution < 1.29 is 14.8 Å². The van der Waals surface area contributed by atoms with Crippen LogP contribution in [0.5, 0.6) is 0 Å². The van der Waals surface area contributed by atoms with E-state index >= 15 is 0 Å². The first kappa shape index (κ1) is 20.0. The molecule has 0 radical (unpaired) electrons. The van der Waals surface area contributed by atoms with Gasteiger partial charge in [-0.2, -0.15) is 9.52 Å². The highest BCUT2D eigenvalue weighted by Crippen LogP contribution is 2.08. The Balaban J connectivity index is 2.27. The molecule has 0 unspecified atom stereocenters. The van der Waals surface area contributed by atoms with Crippen LogP contribution in [0, 0.1) is 13.8 Å². The van der Waals surface area contributed by atoms with Crippen LogP contribution in [0.4, 0.5) is 0 Å². The van der Waals surface area contributed by atoms with Crippen molar-refractivity contribution in [1.29, 1.82) is 0 Å². The summed E-state index contributed by atoms with van der Waals surface area (Å²) in [6.45, 7) is 4.07. The number of benzene rings is 1. The first-order valence-electron chi connectivity index (χ1n) is 7.74. The second kappa shape index (κ2) is 10.7. The maximum absolute atomic E-state index is 11.8. The smallest absolute Gasteiger partial charge is 0.252 e. The lowest BCUT2D eigenvalue weighted by atomic mass is 10.1. The van der Waals surface area contributed by atoms with Crippen LogP contribution in [0.1, 0.15) is 48.8 Å². The Morgan fingerprint density at radius 3 is 2.58 bits per heavy atom. The van der Waals surface area contributed by atoms with Crippen LogP contribution in [-0.4, -0.2) is 27.7 Å². The standard InChI is InChI=1S/C16H24N4O3S/c1-12-8-9-14(10-13(12)2)11-17-19-20(24)16(22)7-5-3-4-6-15(21)18-23/h8-11,19,23-24H,3-7H2,1-2H3,(H,18,21)/b17-11+. The highest BCUT2D eigenvalue weighted by molar-refractivity contribution is 7.78. The molecule has 1 rings (SSSR count). The maximum Gasteiger partial charge on any atom is 0.252 e. The average Bonchev–Trinajstić information content (AvgIpc) is 2.57. The normalized spacial score (nSPS) is 10.7. The van der Waals surface area contributed by atoms with Gasteiger partial charge in [0.05, 0.1) is 6.21 Å². The first-order chi connectivity index (χ1) is 11.4. The number of hydroxylamine groups is 1. The third-order valence-corrected chi connectivity index (χ3v) is 3.86. The van der Waals surface area contributed by atoms with Gasteiger partial charge >= 0.3 is 0 Å². The Bertz CT molecular complexity index is 593. The lowest BCUT2D eigenvalue weighted by Crippen LogP contribution is -2.31. The Hall–Kier alpha value is -2.06. The van der Waals surface area contributed by atoms with Crippen molar-refractivity contribution in [3.05, 3.63) is 34.9 Å². The van der Waals surface area contributed by atoms with Gasteiger partial charge in [-0.05, 0) is 56.2 Å². The predicted molar refractivity (Wildman–Crippen MR) is 95.5 cm³/mol. The second-order valence-electron chi connectivity index (χ2n) is 5.50. The molecule has 1 aromatic rings. The fourth-order valence-corrected chi connectivity index (χ4v) is 2.11. The van der Waals surface area contributed by atoms with E-state index in [4.69, 9.17) is 5.21 Å². The number of thiol groups is 1. The minimum absolute atomic E-state index is 0.206. The van der Waals surface area contributed by atoms with Crippen LogP contribution in [0.15, 0.2) is 23.3 Å². The quantitative estimate of drug-likeness (QED) is 0.180. The van der Waals surface area contributed by atoms with Gasteiger partial charge in [-0.1, -0.05) is 24.6 Å². The number of hydrazine groups is 1. The summed E-state index contributed by atoms with van der Waals surface area (Å²) in [7, 11) is 0. The maximum atomic E-state index is 11.8. The van der Waals surface area contributed by atoms with Crippen molar-refractivity contribution >= 4 is 30.8 Å². The zero-order valence-electron chi connectivity index (χ0n) is 14.0. The molecule has 3 N–H and O–H groups in total. The van der Waals surface area contributed by atoms with Crippen LogP contribution in [0.2, 0.25) is 0 Å². The van der Waals surface area contributed by atoms with Crippen molar-refractivity contribution in [2.45, 2.75) is 46.0 Å². The molecule has 132 valence electrons. The van der Waals surface area contributed by atoms with Crippen LogP contribution in [-0.2, 0) is 9.59 Å². The van der Waals surface area contributed by atoms with Gasteiger partial charge in [0.15, 0.2) is 0 Å². The lowest BCUT2D eigenvalue weighted by molar-refractivity contribution is -0.129. The molecule has 0 aliphatic rings. The van der Waals surface area contributed by atoms with Crippen LogP contribution in [0.3, 0.4) is 0 Å². The Morgan fingerprint density at radius 1 is 1.21 bits per heavy atom. The summed E-state index contributed by atoms with van der Waals surface area (Å²) < 4.78 is 1.04. The van der Waals surface area contributed by atoms with Crippen molar-refractivity contribution in [2.75, 3.05) is 0 Å². The highest BCUT2D eigenvalue weighted by Gasteiger charge is 2.08. The van der Waals surface area contributed by atoms with Crippen molar-refractivity contribution in [1.82, 2.24) is 15.4 Å². The van der Waals surface area contributed by atoms with E-state index in [0.717, 1.165) is 9.98 Å². The summed E-state index contributed by atoms with van der Waals surface area (Å²) in [6.07, 6.45) is 4.13. The van der Waals surface area contributed by atoms with Gasteiger partial charge in [0.1, 0.15) is 0 Å². The molecule has 0 fully saturated rings. The molecule has 0 aliphatic carbocycles. The number of carbonyl (C=O) groups is 2. The van der Waals surface area contributed by atoms with Crippen LogP contribution >= 0.6 is 12.8 Å². The summed E-state index contributed by atoms with van der Waals surface area (Å²) in [5.41, 5.74) is 7.44. The molecule has 24 heavy (non-hydrogen) atoms. The van der Waals surface area contributed by atoms with E-state index in [1.807, 2.05) is 32.0 Å².